The normalized spacial score (nSPS) is 10.9. The summed E-state index contributed by atoms with van der Waals surface area (Å²) in [5.41, 5.74) is 5.52. The molecule has 4 heteroatoms. The molecule has 0 aliphatic heterocycles. The lowest BCUT2D eigenvalue weighted by Gasteiger charge is -2.09. The van der Waals surface area contributed by atoms with Gasteiger partial charge in [-0.05, 0) is 44.0 Å². The van der Waals surface area contributed by atoms with E-state index >= 15 is 0 Å². The summed E-state index contributed by atoms with van der Waals surface area (Å²) in [5, 5.41) is 7.85. The van der Waals surface area contributed by atoms with Crippen LogP contribution >= 0.6 is 0 Å². The average Bonchev–Trinajstić information content (AvgIpc) is 2.83. The molecule has 3 rings (SSSR count). The van der Waals surface area contributed by atoms with Crippen molar-refractivity contribution < 1.29 is 9.32 Å². The molecule has 0 saturated heterocycles. The van der Waals surface area contributed by atoms with Crippen molar-refractivity contribution in [3.05, 3.63) is 58.8 Å². The van der Waals surface area contributed by atoms with E-state index in [0.29, 0.717) is 6.42 Å². The second kappa shape index (κ2) is 5.64. The standard InChI is InChI=1S/C18H18N2O2/c1-11-4-6-14(7-5-11)9-18(21)19-16-10-15-13(3)20-22-17(15)8-12(16)2/h4-8,10H,9H2,1-3H3,(H,19,21). The average molecular weight is 294 g/mol. The van der Waals surface area contributed by atoms with Gasteiger partial charge in [-0.1, -0.05) is 35.0 Å². The Hall–Kier alpha value is -2.62. The number of aryl methyl sites for hydroxylation is 3. The summed E-state index contributed by atoms with van der Waals surface area (Å²) in [5.74, 6) is -0.0274. The van der Waals surface area contributed by atoms with Gasteiger partial charge in [0.05, 0.1) is 12.1 Å². The van der Waals surface area contributed by atoms with Crippen LogP contribution in [-0.4, -0.2) is 11.1 Å². The maximum absolute atomic E-state index is 12.2. The van der Waals surface area contributed by atoms with Crippen molar-refractivity contribution in [2.24, 2.45) is 0 Å². The van der Waals surface area contributed by atoms with E-state index in [-0.39, 0.29) is 5.91 Å². The molecule has 0 saturated carbocycles. The smallest absolute Gasteiger partial charge is 0.228 e. The van der Waals surface area contributed by atoms with Crippen LogP contribution in [0.15, 0.2) is 40.9 Å². The highest BCUT2D eigenvalue weighted by atomic mass is 16.5. The molecule has 0 aliphatic carbocycles. The van der Waals surface area contributed by atoms with Crippen LogP contribution in [0.3, 0.4) is 0 Å². The van der Waals surface area contributed by atoms with Crippen molar-refractivity contribution in [3.8, 4) is 0 Å². The van der Waals surface area contributed by atoms with Crippen LogP contribution in [0.2, 0.25) is 0 Å². The number of hydrogen-bond donors (Lipinski definition) is 1. The van der Waals surface area contributed by atoms with Gasteiger partial charge in [0, 0.05) is 11.1 Å². The van der Waals surface area contributed by atoms with Crippen molar-refractivity contribution in [2.75, 3.05) is 5.32 Å². The first-order valence-electron chi connectivity index (χ1n) is 7.25. The van der Waals surface area contributed by atoms with Crippen LogP contribution in [0.1, 0.15) is 22.4 Å². The van der Waals surface area contributed by atoms with E-state index < -0.39 is 0 Å². The van der Waals surface area contributed by atoms with Gasteiger partial charge in [-0.15, -0.1) is 0 Å². The largest absolute Gasteiger partial charge is 0.356 e. The predicted molar refractivity (Wildman–Crippen MR) is 87.0 cm³/mol. The molecule has 0 spiro atoms. The van der Waals surface area contributed by atoms with Crippen LogP contribution in [-0.2, 0) is 11.2 Å². The molecule has 22 heavy (non-hydrogen) atoms. The highest BCUT2D eigenvalue weighted by molar-refractivity contribution is 5.96. The van der Waals surface area contributed by atoms with Gasteiger partial charge in [0.1, 0.15) is 0 Å². The monoisotopic (exact) mass is 294 g/mol. The summed E-state index contributed by atoms with van der Waals surface area (Å²) in [6.45, 7) is 5.86. The Labute approximate surface area is 129 Å². The van der Waals surface area contributed by atoms with Gasteiger partial charge in [0.2, 0.25) is 5.91 Å². The minimum atomic E-state index is -0.0274. The molecule has 4 nitrogen and oxygen atoms in total. The molecule has 0 unspecified atom stereocenters. The number of benzene rings is 2. The van der Waals surface area contributed by atoms with Crippen molar-refractivity contribution >= 4 is 22.6 Å². The van der Waals surface area contributed by atoms with Crippen LogP contribution in [0.5, 0.6) is 0 Å². The third-order valence-electron chi connectivity index (χ3n) is 3.76. The Balaban J connectivity index is 1.79. The minimum absolute atomic E-state index is 0.0274. The molecule has 2 aromatic carbocycles. The van der Waals surface area contributed by atoms with Gasteiger partial charge in [0.15, 0.2) is 5.58 Å². The Morgan fingerprint density at radius 3 is 2.59 bits per heavy atom. The third kappa shape index (κ3) is 2.86. The Morgan fingerprint density at radius 2 is 1.86 bits per heavy atom. The molecule has 1 aromatic heterocycles. The fraction of sp³-hybridized carbons (Fsp3) is 0.222. The Kier molecular flexibility index (Phi) is 3.67. The zero-order chi connectivity index (χ0) is 15.7. The van der Waals surface area contributed by atoms with E-state index in [4.69, 9.17) is 4.52 Å². The molecule has 0 aliphatic rings. The molecule has 1 heterocycles. The van der Waals surface area contributed by atoms with Crippen LogP contribution in [0, 0.1) is 20.8 Å². The molecular formula is C18H18N2O2. The molecule has 3 aromatic rings. The van der Waals surface area contributed by atoms with Gasteiger partial charge in [-0.3, -0.25) is 4.79 Å². The first kappa shape index (κ1) is 14.3. The zero-order valence-electron chi connectivity index (χ0n) is 12.9. The lowest BCUT2D eigenvalue weighted by Crippen LogP contribution is -2.15. The number of fused-ring (bicyclic) bond motifs is 1. The van der Waals surface area contributed by atoms with Gasteiger partial charge < -0.3 is 9.84 Å². The van der Waals surface area contributed by atoms with E-state index in [0.717, 1.165) is 33.5 Å². The molecule has 0 bridgehead atoms. The zero-order valence-corrected chi connectivity index (χ0v) is 12.9. The molecule has 0 atom stereocenters. The quantitative estimate of drug-likeness (QED) is 0.796. The SMILES string of the molecule is Cc1ccc(CC(=O)Nc2cc3c(C)noc3cc2C)cc1. The second-order valence-corrected chi connectivity index (χ2v) is 5.64. The van der Waals surface area contributed by atoms with E-state index in [1.807, 2.05) is 57.2 Å². The van der Waals surface area contributed by atoms with Crippen LogP contribution < -0.4 is 5.32 Å². The van der Waals surface area contributed by atoms with Crippen molar-refractivity contribution in [1.82, 2.24) is 5.16 Å². The van der Waals surface area contributed by atoms with Crippen molar-refractivity contribution in [2.45, 2.75) is 27.2 Å². The Bertz CT molecular complexity index is 832. The molecule has 1 N–H and O–H groups in total. The first-order chi connectivity index (χ1) is 10.5. The fourth-order valence-electron chi connectivity index (χ4n) is 2.43. The third-order valence-corrected chi connectivity index (χ3v) is 3.76. The van der Waals surface area contributed by atoms with E-state index in [1.165, 1.54) is 5.56 Å². The molecule has 1 amide bonds. The number of carbonyl (C=O) groups excluding carboxylic acids is 1. The number of nitrogens with zero attached hydrogens (tertiary/aromatic N) is 1. The summed E-state index contributed by atoms with van der Waals surface area (Å²) in [6.07, 6.45) is 0.361. The van der Waals surface area contributed by atoms with E-state index in [9.17, 15) is 4.79 Å². The number of carbonyl (C=O) groups is 1. The number of nitrogens with one attached hydrogen (secondary N) is 1. The molecule has 0 radical (unpaired) electrons. The van der Waals surface area contributed by atoms with E-state index in [1.54, 1.807) is 0 Å². The van der Waals surface area contributed by atoms with Gasteiger partial charge in [-0.25, -0.2) is 0 Å². The highest BCUT2D eigenvalue weighted by Crippen LogP contribution is 2.26. The lowest BCUT2D eigenvalue weighted by atomic mass is 10.1. The topological polar surface area (TPSA) is 55.1 Å². The number of rotatable bonds is 3. The Morgan fingerprint density at radius 1 is 1.14 bits per heavy atom. The number of anilines is 1. The second-order valence-electron chi connectivity index (χ2n) is 5.64. The molecule has 0 fully saturated rings. The molecule has 112 valence electrons. The van der Waals surface area contributed by atoms with Crippen molar-refractivity contribution in [1.29, 1.82) is 0 Å². The van der Waals surface area contributed by atoms with E-state index in [2.05, 4.69) is 10.5 Å². The van der Waals surface area contributed by atoms with Crippen LogP contribution in [0.4, 0.5) is 5.69 Å². The summed E-state index contributed by atoms with van der Waals surface area (Å²) in [6, 6.07) is 11.8. The summed E-state index contributed by atoms with van der Waals surface area (Å²) in [4.78, 5) is 12.2. The summed E-state index contributed by atoms with van der Waals surface area (Å²) >= 11 is 0. The predicted octanol–water partition coefficient (Wildman–Crippen LogP) is 3.93. The maximum Gasteiger partial charge on any atom is 0.228 e. The van der Waals surface area contributed by atoms with Gasteiger partial charge in [0.25, 0.3) is 0 Å². The van der Waals surface area contributed by atoms with Crippen LogP contribution in [0.25, 0.3) is 11.0 Å². The highest BCUT2D eigenvalue weighted by Gasteiger charge is 2.11. The minimum Gasteiger partial charge on any atom is -0.356 e. The summed E-state index contributed by atoms with van der Waals surface area (Å²) < 4.78 is 5.23. The van der Waals surface area contributed by atoms with Gasteiger partial charge >= 0.3 is 0 Å². The maximum atomic E-state index is 12.2. The number of amides is 1. The number of aromatic nitrogens is 1. The summed E-state index contributed by atoms with van der Waals surface area (Å²) in [7, 11) is 0. The lowest BCUT2D eigenvalue weighted by molar-refractivity contribution is -0.115. The first-order valence-corrected chi connectivity index (χ1v) is 7.25. The fourth-order valence-corrected chi connectivity index (χ4v) is 2.43. The van der Waals surface area contributed by atoms with Gasteiger partial charge in [-0.2, -0.15) is 0 Å². The molecular weight excluding hydrogens is 276 g/mol. The van der Waals surface area contributed by atoms with Crippen molar-refractivity contribution in [3.63, 3.8) is 0 Å². The number of hydrogen-bond acceptors (Lipinski definition) is 3.